The van der Waals surface area contributed by atoms with E-state index in [1.165, 1.54) is 70.6 Å². The lowest BCUT2D eigenvalue weighted by Crippen LogP contribution is -2.43. The highest BCUT2D eigenvalue weighted by Crippen LogP contribution is 2.33. The van der Waals surface area contributed by atoms with Crippen LogP contribution in [0, 0.1) is 22.7 Å². The zero-order valence-electron chi connectivity index (χ0n) is 41.4. The van der Waals surface area contributed by atoms with Crippen molar-refractivity contribution in [3.05, 3.63) is 72.1 Å². The number of halogens is 4. The number of para-hydroxylation sites is 2. The molecule has 27 heteroatoms. The van der Waals surface area contributed by atoms with E-state index in [0.29, 0.717) is 0 Å². The summed E-state index contributed by atoms with van der Waals surface area (Å²) < 4.78 is 60.5. The second-order valence-corrected chi connectivity index (χ2v) is 18.3. The number of pyridine rings is 2. The van der Waals surface area contributed by atoms with E-state index in [1.807, 2.05) is 0 Å². The van der Waals surface area contributed by atoms with Gasteiger partial charge in [-0.1, -0.05) is 24.3 Å². The number of amides is 9. The minimum atomic E-state index is -3.24. The smallest absolute Gasteiger partial charge is 0.409 e. The van der Waals surface area contributed by atoms with Crippen LogP contribution in [0.5, 0.6) is 0 Å². The van der Waals surface area contributed by atoms with Crippen molar-refractivity contribution in [2.75, 3.05) is 83.2 Å². The number of carbonyl (C=O) groups is 9. The van der Waals surface area contributed by atoms with Crippen LogP contribution in [0.1, 0.15) is 59.2 Å². The summed E-state index contributed by atoms with van der Waals surface area (Å²) in [6, 6.07) is 12.6. The summed E-state index contributed by atoms with van der Waals surface area (Å²) in [4.78, 5) is 133. The molecular weight excluding hydrogens is 1020 g/mol. The molecule has 0 spiro atoms. The second-order valence-electron chi connectivity index (χ2n) is 18.3. The summed E-state index contributed by atoms with van der Waals surface area (Å²) in [5.74, 6) is -11.9. The number of hydrogen-bond donors (Lipinski definition) is 4. The summed E-state index contributed by atoms with van der Waals surface area (Å²) in [7, 11) is 1.18. The lowest BCUT2D eigenvalue weighted by molar-refractivity contribution is -0.135. The Hall–Kier alpha value is -9.01. The molecule has 3 fully saturated rings. The van der Waals surface area contributed by atoms with Crippen LogP contribution in [0.2, 0.25) is 0 Å². The number of fused-ring (bicyclic) bond motifs is 2. The lowest BCUT2D eigenvalue weighted by Gasteiger charge is -2.26. The highest BCUT2D eigenvalue weighted by molar-refractivity contribution is 6.12. The Balaban J connectivity index is 0.920. The third kappa shape index (κ3) is 13.6. The zero-order valence-corrected chi connectivity index (χ0v) is 41.4. The van der Waals surface area contributed by atoms with Gasteiger partial charge in [-0.25, -0.2) is 22.4 Å². The number of carbonyl (C=O) groups excluding carboxylic acids is 9. The van der Waals surface area contributed by atoms with Crippen LogP contribution >= 0.6 is 0 Å². The van der Waals surface area contributed by atoms with Crippen molar-refractivity contribution in [3.8, 4) is 12.1 Å². The molecule has 9 amide bonds. The first-order valence-corrected chi connectivity index (χ1v) is 24.1. The van der Waals surface area contributed by atoms with Gasteiger partial charge in [-0.3, -0.25) is 48.3 Å². The van der Waals surface area contributed by atoms with Crippen molar-refractivity contribution in [2.24, 2.45) is 0 Å². The van der Waals surface area contributed by atoms with Crippen LogP contribution < -0.4 is 21.3 Å². The first-order chi connectivity index (χ1) is 36.7. The van der Waals surface area contributed by atoms with Gasteiger partial charge < -0.3 is 50.5 Å². The van der Waals surface area contributed by atoms with Crippen LogP contribution in [0.25, 0.3) is 21.8 Å². The van der Waals surface area contributed by atoms with Gasteiger partial charge in [-0.2, -0.15) is 10.5 Å². The molecule has 2 aromatic carbocycles. The molecule has 3 saturated heterocycles. The number of ether oxygens (including phenoxy) is 1. The van der Waals surface area contributed by atoms with Crippen molar-refractivity contribution >= 4 is 86.5 Å². The van der Waals surface area contributed by atoms with Crippen LogP contribution in [0.3, 0.4) is 0 Å². The fraction of sp³-hybridized carbons (Fsp3) is 0.420. The van der Waals surface area contributed by atoms with Crippen molar-refractivity contribution in [1.29, 1.82) is 10.5 Å². The van der Waals surface area contributed by atoms with Crippen molar-refractivity contribution < 1.29 is 65.4 Å². The maximum atomic E-state index is 13.9. The summed E-state index contributed by atoms with van der Waals surface area (Å²) in [5, 5.41) is 29.2. The number of aromatic nitrogens is 2. The molecule has 2 atom stereocenters. The Kier molecular flexibility index (Phi) is 17.5. The third-order valence-electron chi connectivity index (χ3n) is 13.0. The van der Waals surface area contributed by atoms with Gasteiger partial charge in [0.05, 0.1) is 79.0 Å². The van der Waals surface area contributed by atoms with Gasteiger partial charge in [0.15, 0.2) is 0 Å². The topological polar surface area (TPSA) is 301 Å². The molecule has 4 N–H and O–H groups in total. The average molecular weight is 1070 g/mol. The fourth-order valence-corrected chi connectivity index (χ4v) is 9.10. The number of hydrogen-bond acceptors (Lipinski definition) is 14. The highest BCUT2D eigenvalue weighted by atomic mass is 19.3. The minimum Gasteiger partial charge on any atom is -0.453 e. The van der Waals surface area contributed by atoms with E-state index in [2.05, 4.69) is 31.2 Å². The van der Waals surface area contributed by atoms with Gasteiger partial charge in [0, 0.05) is 101 Å². The molecule has 0 unspecified atom stereocenters. The first kappa shape index (κ1) is 55.7. The van der Waals surface area contributed by atoms with E-state index in [1.54, 1.807) is 24.3 Å². The summed E-state index contributed by atoms with van der Waals surface area (Å²) in [5.41, 5.74) is 0.839. The number of nitrogens with zero attached hydrogens (tertiary/aromatic N) is 9. The fourth-order valence-electron chi connectivity index (χ4n) is 9.10. The van der Waals surface area contributed by atoms with Gasteiger partial charge >= 0.3 is 6.09 Å². The van der Waals surface area contributed by atoms with E-state index in [9.17, 15) is 71.2 Å². The molecule has 4 aromatic rings. The molecule has 0 radical (unpaired) electrons. The molecule has 0 bridgehead atoms. The third-order valence-corrected chi connectivity index (χ3v) is 13.0. The van der Waals surface area contributed by atoms with E-state index >= 15 is 0 Å². The van der Waals surface area contributed by atoms with Gasteiger partial charge in [-0.05, 0) is 24.3 Å². The number of benzene rings is 2. The Bertz CT molecular complexity index is 2900. The molecule has 5 heterocycles. The van der Waals surface area contributed by atoms with Crippen molar-refractivity contribution in [2.45, 2.75) is 62.5 Å². The summed E-state index contributed by atoms with van der Waals surface area (Å²) in [6.07, 6.45) is -0.983. The second kappa shape index (κ2) is 24.1. The first-order valence-electron chi connectivity index (χ1n) is 24.1. The molecule has 3 aliphatic rings. The van der Waals surface area contributed by atoms with Gasteiger partial charge in [-0.15, -0.1) is 0 Å². The molecular formula is C50H51F4N13O10. The zero-order chi connectivity index (χ0) is 55.6. The molecule has 2 aromatic heterocycles. The number of nitrogens with one attached hydrogen (secondary N) is 4. The summed E-state index contributed by atoms with van der Waals surface area (Å²) >= 11 is 0. The monoisotopic (exact) mass is 1070 g/mol. The van der Waals surface area contributed by atoms with E-state index in [0.717, 1.165) is 9.80 Å². The quantitative estimate of drug-likeness (QED) is 0.132. The molecule has 7 rings (SSSR count). The molecule has 404 valence electrons. The molecule has 23 nitrogen and oxygen atoms in total. The molecule has 77 heavy (non-hydrogen) atoms. The van der Waals surface area contributed by atoms with Crippen LogP contribution in [-0.4, -0.2) is 184 Å². The predicted molar refractivity (Wildman–Crippen MR) is 262 cm³/mol. The van der Waals surface area contributed by atoms with Gasteiger partial charge in [0.1, 0.15) is 12.1 Å². The van der Waals surface area contributed by atoms with Gasteiger partial charge in [0.25, 0.3) is 23.7 Å². The van der Waals surface area contributed by atoms with E-state index < -0.39 is 116 Å². The Morgan fingerprint density at radius 2 is 0.974 bits per heavy atom. The van der Waals surface area contributed by atoms with Gasteiger partial charge in [0.2, 0.25) is 35.4 Å². The standard InChI is InChI=1S/C50H51F4N13O10/c1-77-48(76)65-20-18-63(40(70)10-8-38(68)61-36-6-2-4-32-34(12-14-57-44(32)36)46(74)59-26-42(72)66-28-49(51,52)22-30(66)24-55)16-17-64(19-21-65)41(71)11-9-39(69)62-37-7-3-5-33-35(13-15-58-45(33)37)47(75)60-27-43(73)67-29-50(53,54)23-31(67)25-56/h2-7,12-15,30-31H,8-11,16-23,26-29H2,1H3,(H,59,74)(H,60,75)(H,61,68)(H,62,69)/t30-,31-/m0/s1. The number of alkyl halides is 4. The van der Waals surface area contributed by atoms with E-state index in [4.69, 9.17) is 4.74 Å². The lowest BCUT2D eigenvalue weighted by atomic mass is 10.1. The largest absolute Gasteiger partial charge is 0.453 e. The molecule has 0 aliphatic carbocycles. The van der Waals surface area contributed by atoms with Crippen molar-refractivity contribution in [1.82, 2.24) is 45.1 Å². The Labute approximate surface area is 436 Å². The summed E-state index contributed by atoms with van der Waals surface area (Å²) in [6.45, 7) is -3.11. The SMILES string of the molecule is COC(=O)N1CCN(C(=O)CCC(=O)Nc2cccc3c(C(=O)NCC(=O)N4CC(F)(F)C[C@H]4C#N)ccnc23)CCN(C(=O)CCC(=O)Nc2cccc3c(C(=O)NCC(=O)N4CC(F)(F)C[C@H]4C#N)ccnc23)CC1. The number of anilines is 2. The van der Waals surface area contributed by atoms with Crippen molar-refractivity contribution in [3.63, 3.8) is 0 Å². The minimum absolute atomic E-state index is 0.000816. The number of methoxy groups -OCH3 is 1. The van der Waals surface area contributed by atoms with Crippen LogP contribution in [0.15, 0.2) is 60.9 Å². The van der Waals surface area contributed by atoms with E-state index in [-0.39, 0.29) is 109 Å². The number of nitriles is 2. The molecule has 0 saturated carbocycles. The Morgan fingerprint density at radius 3 is 1.35 bits per heavy atom. The average Bonchev–Trinajstić information content (AvgIpc) is 3.96. The predicted octanol–water partition coefficient (Wildman–Crippen LogP) is 2.64. The normalized spacial score (nSPS) is 18.0. The Morgan fingerprint density at radius 1 is 0.584 bits per heavy atom. The van der Waals surface area contributed by atoms with Crippen LogP contribution in [0.4, 0.5) is 33.7 Å². The van der Waals surface area contributed by atoms with Crippen LogP contribution in [-0.2, 0) is 33.5 Å². The maximum Gasteiger partial charge on any atom is 0.409 e. The maximum absolute atomic E-state index is 13.9. The number of rotatable bonds is 14. The molecule has 3 aliphatic heterocycles. The number of likely N-dealkylation sites (tertiary alicyclic amines) is 2. The highest BCUT2D eigenvalue weighted by Gasteiger charge is 2.48.